The molecule has 0 aromatic rings. The third kappa shape index (κ3) is 2.20. The monoisotopic (exact) mass is 166 g/mol. The molecule has 0 bridgehead atoms. The maximum absolute atomic E-state index is 8.12. The van der Waals surface area contributed by atoms with Crippen LogP contribution in [0.5, 0.6) is 0 Å². The van der Waals surface area contributed by atoms with Gasteiger partial charge in [-0.25, -0.2) is 0 Å². The van der Waals surface area contributed by atoms with Gasteiger partial charge < -0.3 is 0 Å². The van der Waals surface area contributed by atoms with Crippen LogP contribution in [0, 0.1) is 17.3 Å². The summed E-state index contributed by atoms with van der Waals surface area (Å²) in [6.07, 6.45) is 2.34. The number of hydrogen-bond donors (Lipinski definition) is 0. The minimum absolute atomic E-state index is 0.250. The van der Waals surface area contributed by atoms with Crippen LogP contribution in [0.25, 0.3) is 0 Å². The Morgan fingerprint density at radius 2 is 1.75 bits per heavy atom. The SMILES string of the molecule is C=C=CC1C(C)C1(C)C.O=C=O. The van der Waals surface area contributed by atoms with Gasteiger partial charge >= 0.3 is 6.15 Å². The second kappa shape index (κ2) is 4.06. The Kier molecular flexibility index (Phi) is 3.69. The number of allylic oxidation sites excluding steroid dienone is 1. The number of carbonyl (C=O) groups excluding carboxylic acids is 2. The second-order valence-electron chi connectivity index (χ2n) is 3.59. The summed E-state index contributed by atoms with van der Waals surface area (Å²) < 4.78 is 0. The summed E-state index contributed by atoms with van der Waals surface area (Å²) in [6.45, 7) is 10.4. The predicted octanol–water partition coefficient (Wildman–Crippen LogP) is 2.04. The first-order valence-electron chi connectivity index (χ1n) is 3.87. The molecule has 12 heavy (non-hydrogen) atoms. The van der Waals surface area contributed by atoms with Crippen molar-refractivity contribution in [3.63, 3.8) is 0 Å². The van der Waals surface area contributed by atoms with E-state index in [4.69, 9.17) is 9.59 Å². The molecule has 0 heterocycles. The summed E-state index contributed by atoms with van der Waals surface area (Å²) in [4.78, 5) is 16.2. The standard InChI is InChI=1S/C9H14.CO2/c1-5-6-8-7(2)9(8,3)4;2-1-3/h6-8H,1H2,2-4H3;. The van der Waals surface area contributed by atoms with Gasteiger partial charge in [0.2, 0.25) is 0 Å². The molecule has 0 amide bonds. The van der Waals surface area contributed by atoms with Crippen LogP contribution < -0.4 is 0 Å². The van der Waals surface area contributed by atoms with Gasteiger partial charge in [0.05, 0.1) is 0 Å². The molecule has 1 rings (SSSR count). The highest BCUT2D eigenvalue weighted by molar-refractivity contribution is 5.20. The Labute approximate surface area is 73.0 Å². The van der Waals surface area contributed by atoms with Gasteiger partial charge in [-0.1, -0.05) is 27.4 Å². The van der Waals surface area contributed by atoms with Crippen LogP contribution in [0.2, 0.25) is 0 Å². The highest BCUT2D eigenvalue weighted by atomic mass is 16.2. The Balaban J connectivity index is 0.000000354. The van der Waals surface area contributed by atoms with E-state index < -0.39 is 0 Å². The first-order chi connectivity index (χ1) is 5.52. The van der Waals surface area contributed by atoms with Crippen LogP contribution in [0.1, 0.15) is 20.8 Å². The molecule has 1 saturated carbocycles. The van der Waals surface area contributed by atoms with Crippen molar-refractivity contribution in [3.8, 4) is 0 Å². The quantitative estimate of drug-likeness (QED) is 0.558. The zero-order valence-electron chi connectivity index (χ0n) is 7.76. The van der Waals surface area contributed by atoms with Crippen LogP contribution in [-0.4, -0.2) is 6.15 Å². The van der Waals surface area contributed by atoms with E-state index in [1.807, 2.05) is 0 Å². The van der Waals surface area contributed by atoms with Crippen LogP contribution in [0.4, 0.5) is 0 Å². The molecular weight excluding hydrogens is 152 g/mol. The Morgan fingerprint density at radius 1 is 1.42 bits per heavy atom. The van der Waals surface area contributed by atoms with E-state index in [2.05, 4.69) is 39.2 Å². The fraction of sp³-hybridized carbons (Fsp3) is 0.600. The van der Waals surface area contributed by atoms with Crippen LogP contribution >= 0.6 is 0 Å². The third-order valence-electron chi connectivity index (χ3n) is 2.76. The zero-order valence-corrected chi connectivity index (χ0v) is 7.76. The molecule has 0 saturated heterocycles. The van der Waals surface area contributed by atoms with Crippen molar-refractivity contribution in [2.45, 2.75) is 20.8 Å². The minimum atomic E-state index is 0.250. The molecule has 2 atom stereocenters. The van der Waals surface area contributed by atoms with E-state index in [1.54, 1.807) is 0 Å². The lowest BCUT2D eigenvalue weighted by Crippen LogP contribution is -1.86. The van der Waals surface area contributed by atoms with Gasteiger partial charge in [0, 0.05) is 0 Å². The van der Waals surface area contributed by atoms with Gasteiger partial charge in [-0.05, 0) is 23.3 Å². The molecule has 2 nitrogen and oxygen atoms in total. The van der Waals surface area contributed by atoms with Crippen molar-refractivity contribution in [2.75, 3.05) is 0 Å². The number of hydrogen-bond acceptors (Lipinski definition) is 2. The van der Waals surface area contributed by atoms with Gasteiger partial charge in [0.1, 0.15) is 0 Å². The molecule has 0 radical (unpaired) electrons. The van der Waals surface area contributed by atoms with E-state index >= 15 is 0 Å². The lowest BCUT2D eigenvalue weighted by Gasteiger charge is -1.94. The molecule has 0 aromatic carbocycles. The van der Waals surface area contributed by atoms with Gasteiger partial charge in [-0.3, -0.25) is 0 Å². The first-order valence-corrected chi connectivity index (χ1v) is 3.87. The summed E-state index contributed by atoms with van der Waals surface area (Å²) in [6, 6.07) is 0. The average molecular weight is 166 g/mol. The molecule has 2 unspecified atom stereocenters. The topological polar surface area (TPSA) is 34.1 Å². The lowest BCUT2D eigenvalue weighted by molar-refractivity contribution is -0.191. The van der Waals surface area contributed by atoms with Crippen LogP contribution in [-0.2, 0) is 9.59 Å². The fourth-order valence-corrected chi connectivity index (χ4v) is 1.43. The summed E-state index contributed by atoms with van der Waals surface area (Å²) in [5.74, 6) is 1.56. The van der Waals surface area contributed by atoms with E-state index in [-0.39, 0.29) is 6.15 Å². The average Bonchev–Trinajstić information content (AvgIpc) is 2.41. The van der Waals surface area contributed by atoms with Gasteiger partial charge in [-0.15, -0.1) is 5.73 Å². The summed E-state index contributed by atoms with van der Waals surface area (Å²) in [7, 11) is 0. The van der Waals surface area contributed by atoms with Crippen molar-refractivity contribution >= 4 is 6.15 Å². The third-order valence-corrected chi connectivity index (χ3v) is 2.76. The number of rotatable bonds is 1. The molecule has 66 valence electrons. The van der Waals surface area contributed by atoms with E-state index in [0.717, 1.165) is 11.8 Å². The highest BCUT2D eigenvalue weighted by Gasteiger charge is 2.52. The van der Waals surface area contributed by atoms with E-state index in [1.165, 1.54) is 0 Å². The lowest BCUT2D eigenvalue weighted by atomic mass is 10.1. The molecule has 0 N–H and O–H groups in total. The summed E-state index contributed by atoms with van der Waals surface area (Å²) in [5.41, 5.74) is 3.36. The molecule has 1 aliphatic carbocycles. The molecule has 2 heteroatoms. The van der Waals surface area contributed by atoms with Gasteiger partial charge in [-0.2, -0.15) is 9.59 Å². The minimum Gasteiger partial charge on any atom is -0.186 e. The van der Waals surface area contributed by atoms with E-state index in [0.29, 0.717) is 5.41 Å². The van der Waals surface area contributed by atoms with Gasteiger partial charge in [0.15, 0.2) is 0 Å². The highest BCUT2D eigenvalue weighted by Crippen LogP contribution is 2.58. The van der Waals surface area contributed by atoms with Crippen molar-refractivity contribution in [1.29, 1.82) is 0 Å². The molecule has 1 fully saturated rings. The molecule has 1 aliphatic rings. The molecular formula is C10H14O2. The molecule has 0 aromatic heterocycles. The van der Waals surface area contributed by atoms with E-state index in [9.17, 15) is 0 Å². The van der Waals surface area contributed by atoms with Crippen molar-refractivity contribution < 1.29 is 9.59 Å². The summed E-state index contributed by atoms with van der Waals surface area (Å²) in [5, 5.41) is 0. The fourth-order valence-electron chi connectivity index (χ4n) is 1.43. The first kappa shape index (κ1) is 10.9. The summed E-state index contributed by atoms with van der Waals surface area (Å²) >= 11 is 0. The second-order valence-corrected chi connectivity index (χ2v) is 3.59. The van der Waals surface area contributed by atoms with Crippen LogP contribution in [0.3, 0.4) is 0 Å². The largest absolute Gasteiger partial charge is 0.373 e. The Morgan fingerprint density at radius 3 is 1.83 bits per heavy atom. The molecule has 0 aliphatic heterocycles. The van der Waals surface area contributed by atoms with Gasteiger partial charge in [0.25, 0.3) is 0 Å². The van der Waals surface area contributed by atoms with Crippen LogP contribution in [0.15, 0.2) is 18.4 Å². The smallest absolute Gasteiger partial charge is 0.186 e. The predicted molar refractivity (Wildman–Crippen MR) is 45.2 cm³/mol. The maximum Gasteiger partial charge on any atom is 0.373 e. The zero-order chi connectivity index (χ0) is 9.78. The normalized spacial score (nSPS) is 28.6. The van der Waals surface area contributed by atoms with Crippen molar-refractivity contribution in [1.82, 2.24) is 0 Å². The maximum atomic E-state index is 8.12. The Bertz CT molecular complexity index is 228. The Hall–Kier alpha value is -1.10. The van der Waals surface area contributed by atoms with Crippen molar-refractivity contribution in [2.24, 2.45) is 17.3 Å². The van der Waals surface area contributed by atoms with Crippen molar-refractivity contribution in [3.05, 3.63) is 18.4 Å². The molecule has 0 spiro atoms.